The van der Waals surface area contributed by atoms with Gasteiger partial charge in [-0.15, -0.1) is 0 Å². The van der Waals surface area contributed by atoms with Crippen LogP contribution in [0.2, 0.25) is 0 Å². The van der Waals surface area contributed by atoms with Gasteiger partial charge in [0.2, 0.25) is 0 Å². The van der Waals surface area contributed by atoms with Gasteiger partial charge in [-0.1, -0.05) is 18.7 Å². The van der Waals surface area contributed by atoms with Crippen molar-refractivity contribution in [3.8, 4) is 5.75 Å². The number of carbonyl (C=O) groups excluding carboxylic acids is 1. The number of hydrogen-bond donors (Lipinski definition) is 2. The van der Waals surface area contributed by atoms with Crippen LogP contribution >= 0.6 is 0 Å². The molecule has 0 saturated carbocycles. The summed E-state index contributed by atoms with van der Waals surface area (Å²) < 4.78 is 4.78. The number of pyridine rings is 1. The van der Waals surface area contributed by atoms with Crippen molar-refractivity contribution in [1.29, 1.82) is 0 Å². The highest BCUT2D eigenvalue weighted by molar-refractivity contribution is 6.17. The van der Waals surface area contributed by atoms with Gasteiger partial charge < -0.3 is 14.8 Å². The third kappa shape index (κ3) is 2.22. The van der Waals surface area contributed by atoms with E-state index in [1.165, 1.54) is 0 Å². The fourth-order valence-electron chi connectivity index (χ4n) is 1.83. The van der Waals surface area contributed by atoms with Gasteiger partial charge in [-0.2, -0.15) is 0 Å². The maximum absolute atomic E-state index is 11.9. The van der Waals surface area contributed by atoms with Gasteiger partial charge in [-0.25, -0.2) is 4.79 Å². The van der Waals surface area contributed by atoms with Crippen LogP contribution in [-0.2, 0) is 9.53 Å². The van der Waals surface area contributed by atoms with Crippen LogP contribution in [0.15, 0.2) is 35.6 Å². The Balaban J connectivity index is 2.64. The predicted octanol–water partition coefficient (Wildman–Crippen LogP) is 1.81. The van der Waals surface area contributed by atoms with Crippen LogP contribution in [0.5, 0.6) is 5.75 Å². The Kier molecular flexibility index (Phi) is 3.37. The lowest BCUT2D eigenvalue weighted by atomic mass is 10.1. The minimum Gasteiger partial charge on any atom is -0.506 e. The number of fused-ring (bicyclic) bond motifs is 1. The van der Waals surface area contributed by atoms with Gasteiger partial charge in [0.05, 0.1) is 23.3 Å². The molecule has 1 aromatic heterocycles. The van der Waals surface area contributed by atoms with Gasteiger partial charge in [0.25, 0.3) is 5.56 Å². The average molecular weight is 259 g/mol. The van der Waals surface area contributed by atoms with Crippen LogP contribution in [0.3, 0.4) is 0 Å². The van der Waals surface area contributed by atoms with Gasteiger partial charge in [0.1, 0.15) is 5.75 Å². The SMILES string of the molecule is C=C(C(=O)OCC)c1c(O)c2ccccc2[nH]c1=O. The maximum atomic E-state index is 11.9. The number of aromatic nitrogens is 1. The summed E-state index contributed by atoms with van der Waals surface area (Å²) in [5.41, 5.74) is -0.400. The zero-order valence-corrected chi connectivity index (χ0v) is 10.4. The zero-order valence-electron chi connectivity index (χ0n) is 10.4. The predicted molar refractivity (Wildman–Crippen MR) is 71.9 cm³/mol. The molecule has 2 N–H and O–H groups in total. The van der Waals surface area contributed by atoms with Crippen molar-refractivity contribution in [2.75, 3.05) is 6.61 Å². The molecule has 98 valence electrons. The fraction of sp³-hybridized carbons (Fsp3) is 0.143. The Morgan fingerprint density at radius 2 is 2.11 bits per heavy atom. The number of nitrogens with one attached hydrogen (secondary N) is 1. The van der Waals surface area contributed by atoms with Crippen molar-refractivity contribution >= 4 is 22.4 Å². The lowest BCUT2D eigenvalue weighted by Crippen LogP contribution is -2.17. The van der Waals surface area contributed by atoms with Crippen molar-refractivity contribution in [3.63, 3.8) is 0 Å². The second kappa shape index (κ2) is 4.97. The highest BCUT2D eigenvalue weighted by atomic mass is 16.5. The monoisotopic (exact) mass is 259 g/mol. The molecular formula is C14H13NO4. The van der Waals surface area contributed by atoms with E-state index in [9.17, 15) is 14.7 Å². The Morgan fingerprint density at radius 1 is 1.42 bits per heavy atom. The van der Waals surface area contributed by atoms with E-state index in [0.29, 0.717) is 10.9 Å². The number of carbonyl (C=O) groups is 1. The topological polar surface area (TPSA) is 79.4 Å². The third-order valence-electron chi connectivity index (χ3n) is 2.72. The summed E-state index contributed by atoms with van der Waals surface area (Å²) in [4.78, 5) is 26.1. The van der Waals surface area contributed by atoms with E-state index < -0.39 is 11.5 Å². The number of benzene rings is 1. The van der Waals surface area contributed by atoms with Gasteiger partial charge in [0.15, 0.2) is 0 Å². The van der Waals surface area contributed by atoms with Crippen LogP contribution in [0.1, 0.15) is 12.5 Å². The summed E-state index contributed by atoms with van der Waals surface area (Å²) in [6.07, 6.45) is 0. The molecule has 0 aliphatic heterocycles. The molecule has 0 saturated heterocycles. The van der Waals surface area contributed by atoms with Crippen molar-refractivity contribution in [2.45, 2.75) is 6.92 Å². The van der Waals surface area contributed by atoms with Crippen LogP contribution in [0.4, 0.5) is 0 Å². The Hall–Kier alpha value is -2.56. The zero-order chi connectivity index (χ0) is 14.0. The molecule has 0 fully saturated rings. The molecule has 5 heteroatoms. The van der Waals surface area contributed by atoms with E-state index in [0.717, 1.165) is 0 Å². The summed E-state index contributed by atoms with van der Waals surface area (Å²) in [7, 11) is 0. The smallest absolute Gasteiger partial charge is 0.338 e. The molecule has 0 atom stereocenters. The van der Waals surface area contributed by atoms with E-state index in [4.69, 9.17) is 4.74 Å². The van der Waals surface area contributed by atoms with Crippen molar-refractivity contribution < 1.29 is 14.6 Å². The molecule has 5 nitrogen and oxygen atoms in total. The molecule has 0 bridgehead atoms. The Labute approximate surface area is 109 Å². The molecule has 1 heterocycles. The van der Waals surface area contributed by atoms with Crippen LogP contribution in [0.25, 0.3) is 16.5 Å². The first kappa shape index (κ1) is 12.9. The summed E-state index contributed by atoms with van der Waals surface area (Å²) in [6.45, 7) is 5.34. The second-order valence-electron chi connectivity index (χ2n) is 3.92. The standard InChI is InChI=1S/C14H13NO4/c1-3-19-14(18)8(2)11-12(16)9-6-4-5-7-10(9)15-13(11)17/h4-7H,2-3H2,1H3,(H2,15,16,17). The first-order valence-corrected chi connectivity index (χ1v) is 5.76. The first-order chi connectivity index (χ1) is 9.06. The molecule has 0 unspecified atom stereocenters. The maximum Gasteiger partial charge on any atom is 0.338 e. The molecule has 0 amide bonds. The molecule has 2 rings (SSSR count). The summed E-state index contributed by atoms with van der Waals surface area (Å²) in [5, 5.41) is 10.6. The number of para-hydroxylation sites is 1. The number of aromatic amines is 1. The minimum absolute atomic E-state index is 0.155. The second-order valence-corrected chi connectivity index (χ2v) is 3.92. The highest BCUT2D eigenvalue weighted by Gasteiger charge is 2.20. The summed E-state index contributed by atoms with van der Waals surface area (Å²) in [6, 6.07) is 6.75. The Bertz CT molecular complexity index is 715. The number of ether oxygens (including phenoxy) is 1. The third-order valence-corrected chi connectivity index (χ3v) is 2.72. The average Bonchev–Trinajstić information content (AvgIpc) is 2.38. The van der Waals surface area contributed by atoms with E-state index >= 15 is 0 Å². The molecule has 0 aliphatic rings. The van der Waals surface area contributed by atoms with E-state index in [2.05, 4.69) is 11.6 Å². The quantitative estimate of drug-likeness (QED) is 0.650. The summed E-state index contributed by atoms with van der Waals surface area (Å²) >= 11 is 0. The molecule has 1 aromatic carbocycles. The van der Waals surface area contributed by atoms with E-state index in [-0.39, 0.29) is 23.5 Å². The molecule has 0 spiro atoms. The van der Waals surface area contributed by atoms with Crippen molar-refractivity contribution in [2.24, 2.45) is 0 Å². The number of hydrogen-bond acceptors (Lipinski definition) is 4. The highest BCUT2D eigenvalue weighted by Crippen LogP contribution is 2.28. The molecule has 0 aliphatic carbocycles. The number of esters is 1. The number of rotatable bonds is 3. The van der Waals surface area contributed by atoms with Crippen LogP contribution < -0.4 is 5.56 Å². The number of H-pyrrole nitrogens is 1. The van der Waals surface area contributed by atoms with Gasteiger partial charge in [-0.05, 0) is 19.1 Å². The van der Waals surface area contributed by atoms with Gasteiger partial charge in [0, 0.05) is 5.39 Å². The van der Waals surface area contributed by atoms with Crippen LogP contribution in [-0.4, -0.2) is 22.7 Å². The van der Waals surface area contributed by atoms with Crippen molar-refractivity contribution in [1.82, 2.24) is 4.98 Å². The van der Waals surface area contributed by atoms with Gasteiger partial charge >= 0.3 is 5.97 Å². The minimum atomic E-state index is -0.724. The first-order valence-electron chi connectivity index (χ1n) is 5.76. The lowest BCUT2D eigenvalue weighted by molar-refractivity contribution is -0.136. The summed E-state index contributed by atoms with van der Waals surface area (Å²) in [5.74, 6) is -0.990. The van der Waals surface area contributed by atoms with Crippen molar-refractivity contribution in [3.05, 3.63) is 46.8 Å². The molecule has 19 heavy (non-hydrogen) atoms. The Morgan fingerprint density at radius 3 is 2.79 bits per heavy atom. The fourth-order valence-corrected chi connectivity index (χ4v) is 1.83. The molecule has 2 aromatic rings. The number of aromatic hydroxyl groups is 1. The normalized spacial score (nSPS) is 10.4. The van der Waals surface area contributed by atoms with E-state index in [1.54, 1.807) is 31.2 Å². The van der Waals surface area contributed by atoms with E-state index in [1.807, 2.05) is 0 Å². The van der Waals surface area contributed by atoms with Crippen LogP contribution in [0, 0.1) is 0 Å². The largest absolute Gasteiger partial charge is 0.506 e. The van der Waals surface area contributed by atoms with Gasteiger partial charge in [-0.3, -0.25) is 4.79 Å². The molecule has 0 radical (unpaired) electrons. The lowest BCUT2D eigenvalue weighted by Gasteiger charge is -2.09. The molecular weight excluding hydrogens is 246 g/mol.